The van der Waals surface area contributed by atoms with Crippen molar-refractivity contribution < 1.29 is 83.7 Å². The van der Waals surface area contributed by atoms with Gasteiger partial charge in [0, 0.05) is 0 Å². The molecule has 0 radical (unpaired) electrons. The Hall–Kier alpha value is 0.220. The number of rotatable bonds is 3. The Morgan fingerprint density at radius 1 is 1.14 bits per heavy atom. The maximum atomic E-state index is 9.41. The van der Waals surface area contributed by atoms with E-state index >= 15 is 0 Å². The second-order valence-electron chi connectivity index (χ2n) is 1.37. The van der Waals surface area contributed by atoms with E-state index in [-0.39, 0.29) is 59.1 Å². The number of hydrogen-bond donors (Lipinski definition) is 0. The summed E-state index contributed by atoms with van der Waals surface area (Å²) in [7, 11) is 1.56. The predicted molar refractivity (Wildman–Crippen MR) is 36.4 cm³/mol. The van der Waals surface area contributed by atoms with E-state index in [4.69, 9.17) is 0 Å². The zero-order valence-electron chi connectivity index (χ0n) is 8.48. The third-order valence-corrected chi connectivity index (χ3v) is 0.522. The van der Waals surface area contributed by atoms with Gasteiger partial charge in [-0.15, -0.1) is 0 Å². The van der Waals surface area contributed by atoms with E-state index in [1.807, 2.05) is 0 Å². The molecule has 0 aromatic carbocycles. The van der Waals surface area contributed by atoms with Gasteiger partial charge in [0.15, 0.2) is 0 Å². The summed E-state index contributed by atoms with van der Waals surface area (Å²) < 4.78 is 4.31. The molecule has 0 spiro atoms. The third-order valence-electron chi connectivity index (χ3n) is 0.522. The summed E-state index contributed by atoms with van der Waals surface area (Å²) in [5.74, 6) is -3.09. The van der Waals surface area contributed by atoms with Gasteiger partial charge in [-0.1, -0.05) is 6.58 Å². The number of carbonyl (C=O) groups is 2. The fourth-order valence-electron chi connectivity index (χ4n) is 0.136. The van der Waals surface area contributed by atoms with Gasteiger partial charge in [0.2, 0.25) is 0 Å². The first-order valence-electron chi connectivity index (χ1n) is 2.78. The predicted octanol–water partition coefficient (Wildman–Crippen LogP) is -8.17. The van der Waals surface area contributed by atoms with Gasteiger partial charge in [-0.2, -0.15) is 0 Å². The van der Waals surface area contributed by atoms with Crippen LogP contribution in [0, 0.1) is 0 Å². The molecule has 0 atom stereocenters. The van der Waals surface area contributed by atoms with Crippen LogP contribution in [0.2, 0.25) is 0 Å². The van der Waals surface area contributed by atoms with Crippen LogP contribution < -0.4 is 69.3 Å². The molecule has 0 saturated heterocycles. The Balaban J connectivity index is -0.0000000733. The summed E-state index contributed by atoms with van der Waals surface area (Å²) in [5.41, 5.74) is 0. The molecule has 0 amide bonds. The van der Waals surface area contributed by atoms with Crippen molar-refractivity contribution in [1.82, 2.24) is 0 Å². The zero-order valence-corrected chi connectivity index (χ0v) is 12.5. The minimum absolute atomic E-state index is 0. The van der Waals surface area contributed by atoms with Crippen LogP contribution in [0.15, 0.2) is 25.0 Å². The van der Waals surface area contributed by atoms with Crippen molar-refractivity contribution in [2.45, 2.75) is 0 Å². The topological polar surface area (TPSA) is 89.5 Å². The first kappa shape index (κ1) is 23.8. The van der Waals surface area contributed by atoms with Crippen LogP contribution in [0.5, 0.6) is 0 Å². The maximum Gasteiger partial charge on any atom is 1.00 e. The Kier molecular flexibility index (Phi) is 32.1. The molecule has 0 bridgehead atoms. The number of carboxylic acid groups (broad SMARTS) is 2. The summed E-state index contributed by atoms with van der Waals surface area (Å²) in [5, 5.41) is 18.8. The van der Waals surface area contributed by atoms with E-state index in [1.165, 1.54) is 6.26 Å². The van der Waals surface area contributed by atoms with Gasteiger partial charge in [-0.05, 0) is 12.2 Å². The summed E-state index contributed by atoms with van der Waals surface area (Å²) in [6, 6.07) is 0. The Labute approximate surface area is 126 Å². The molecule has 0 aliphatic heterocycles. The molecule has 0 aromatic rings. The zero-order chi connectivity index (χ0) is 9.98. The first-order chi connectivity index (χ1) is 5.54. The van der Waals surface area contributed by atoms with Gasteiger partial charge in [0.05, 0.1) is 25.3 Å². The van der Waals surface area contributed by atoms with E-state index in [9.17, 15) is 19.8 Å². The number of hydrogen-bond acceptors (Lipinski definition) is 5. The van der Waals surface area contributed by atoms with E-state index < -0.39 is 11.9 Å². The number of carboxylic acids is 2. The van der Waals surface area contributed by atoms with Crippen molar-refractivity contribution in [3.8, 4) is 0 Å². The third kappa shape index (κ3) is 39.8. The molecular formula is C7H8Na2O5. The standard InChI is InChI=1S/C4H4O4.C3H6O.2Na/c5-3(6)1-2-4(7)8;1-3-4-2;;/h1-2H,(H,5,6)(H,7,8);3H,1H2,2H3;;/q;;2*+1/p-2/b2-1-;;;. The fourth-order valence-corrected chi connectivity index (χ4v) is 0.136. The van der Waals surface area contributed by atoms with E-state index in [1.54, 1.807) is 7.11 Å². The fraction of sp³-hybridized carbons (Fsp3) is 0.143. The molecule has 0 rings (SSSR count). The van der Waals surface area contributed by atoms with Crippen molar-refractivity contribution in [3.63, 3.8) is 0 Å². The molecule has 0 aromatic heterocycles. The molecule has 0 aliphatic rings. The van der Waals surface area contributed by atoms with E-state index in [2.05, 4.69) is 11.3 Å². The smallest absolute Gasteiger partial charge is 0.545 e. The molecule has 0 N–H and O–H groups in total. The van der Waals surface area contributed by atoms with Crippen LogP contribution in [0.1, 0.15) is 0 Å². The Morgan fingerprint density at radius 2 is 1.36 bits per heavy atom. The van der Waals surface area contributed by atoms with E-state index in [0.29, 0.717) is 12.2 Å². The van der Waals surface area contributed by atoms with Crippen LogP contribution in [0.25, 0.3) is 0 Å². The van der Waals surface area contributed by atoms with Gasteiger partial charge >= 0.3 is 59.1 Å². The summed E-state index contributed by atoms with van der Waals surface area (Å²) in [6.45, 7) is 3.26. The molecule has 0 heterocycles. The molecule has 0 saturated carbocycles. The van der Waals surface area contributed by atoms with E-state index in [0.717, 1.165) is 0 Å². The van der Waals surface area contributed by atoms with Crippen molar-refractivity contribution >= 4 is 11.9 Å². The molecule has 0 fully saturated rings. The number of carbonyl (C=O) groups excluding carboxylic acids is 2. The summed E-state index contributed by atoms with van der Waals surface area (Å²) in [6.07, 6.45) is 2.14. The van der Waals surface area contributed by atoms with Gasteiger partial charge < -0.3 is 24.5 Å². The molecule has 5 nitrogen and oxygen atoms in total. The number of aliphatic carboxylic acids is 2. The van der Waals surface area contributed by atoms with Crippen LogP contribution >= 0.6 is 0 Å². The average Bonchev–Trinajstić information content (AvgIpc) is 2.01. The van der Waals surface area contributed by atoms with Crippen LogP contribution in [0.3, 0.4) is 0 Å². The summed E-state index contributed by atoms with van der Waals surface area (Å²) in [4.78, 5) is 18.8. The maximum absolute atomic E-state index is 9.41. The van der Waals surface area contributed by atoms with Gasteiger partial charge in [0.1, 0.15) is 0 Å². The first-order valence-corrected chi connectivity index (χ1v) is 2.78. The minimum Gasteiger partial charge on any atom is -0.545 e. The quantitative estimate of drug-likeness (QED) is 0.266. The molecule has 68 valence electrons. The molecular weight excluding hydrogens is 210 g/mol. The SMILES string of the molecule is C=COC.O=C([O-])/C=C\C(=O)[O-].[Na+].[Na+]. The number of methoxy groups -OCH3 is 1. The summed E-state index contributed by atoms with van der Waals surface area (Å²) >= 11 is 0. The Morgan fingerprint density at radius 3 is 1.43 bits per heavy atom. The second-order valence-corrected chi connectivity index (χ2v) is 1.37. The van der Waals surface area contributed by atoms with Gasteiger partial charge in [-0.3, -0.25) is 0 Å². The Bertz CT molecular complexity index is 175. The van der Waals surface area contributed by atoms with Crippen LogP contribution in [0.4, 0.5) is 0 Å². The molecule has 0 aliphatic carbocycles. The average molecular weight is 218 g/mol. The van der Waals surface area contributed by atoms with Crippen LogP contribution in [-0.2, 0) is 14.3 Å². The molecule has 7 heteroatoms. The van der Waals surface area contributed by atoms with Gasteiger partial charge in [-0.25, -0.2) is 0 Å². The van der Waals surface area contributed by atoms with Crippen molar-refractivity contribution in [1.29, 1.82) is 0 Å². The monoisotopic (exact) mass is 218 g/mol. The number of ether oxygens (including phenoxy) is 1. The van der Waals surface area contributed by atoms with Crippen molar-refractivity contribution in [3.05, 3.63) is 25.0 Å². The van der Waals surface area contributed by atoms with Crippen LogP contribution in [-0.4, -0.2) is 19.0 Å². The largest absolute Gasteiger partial charge is 1.00 e. The van der Waals surface area contributed by atoms with Crippen molar-refractivity contribution in [2.75, 3.05) is 7.11 Å². The van der Waals surface area contributed by atoms with Crippen molar-refractivity contribution in [2.24, 2.45) is 0 Å². The second kappa shape index (κ2) is 18.9. The van der Waals surface area contributed by atoms with Gasteiger partial charge in [0.25, 0.3) is 0 Å². The minimum atomic E-state index is -1.55. The normalized spacial score (nSPS) is 6.93. The molecule has 14 heavy (non-hydrogen) atoms. The molecule has 0 unspecified atom stereocenters.